The number of hydrogen-bond donors (Lipinski definition) is 0. The first kappa shape index (κ1) is 24.4. The van der Waals surface area contributed by atoms with Crippen molar-refractivity contribution in [1.82, 2.24) is 0 Å². The molecule has 9 rings (SSSR count). The van der Waals surface area contributed by atoms with E-state index in [1.165, 1.54) is 85.9 Å². The van der Waals surface area contributed by atoms with Crippen LogP contribution in [0, 0.1) is 0 Å². The predicted molar refractivity (Wildman–Crippen MR) is 188 cm³/mol. The van der Waals surface area contributed by atoms with Gasteiger partial charge in [0.05, 0.1) is 0 Å². The van der Waals surface area contributed by atoms with Crippen LogP contribution in [0.5, 0.6) is 0 Å². The Morgan fingerprint density at radius 2 is 0.791 bits per heavy atom. The summed E-state index contributed by atoms with van der Waals surface area (Å²) >= 11 is 1.87. The minimum Gasteiger partial charge on any atom is -0.135 e. The van der Waals surface area contributed by atoms with Crippen molar-refractivity contribution in [3.8, 4) is 33.4 Å². The topological polar surface area (TPSA) is 0 Å². The largest absolute Gasteiger partial charge is 0.135 e. The Hall–Kier alpha value is -5.24. The third-order valence-electron chi connectivity index (χ3n) is 8.83. The highest BCUT2D eigenvalue weighted by Crippen LogP contribution is 2.45. The minimum absolute atomic E-state index is 1.24. The molecule has 8 aromatic carbocycles. The van der Waals surface area contributed by atoms with E-state index in [4.69, 9.17) is 0 Å². The molecule has 200 valence electrons. The van der Waals surface area contributed by atoms with E-state index in [-0.39, 0.29) is 0 Å². The van der Waals surface area contributed by atoms with Crippen LogP contribution in [0.1, 0.15) is 0 Å². The normalized spacial score (nSPS) is 11.7. The molecule has 0 saturated heterocycles. The van der Waals surface area contributed by atoms with Gasteiger partial charge in [-0.15, -0.1) is 11.3 Å². The van der Waals surface area contributed by atoms with Gasteiger partial charge in [-0.1, -0.05) is 133 Å². The van der Waals surface area contributed by atoms with Gasteiger partial charge in [-0.2, -0.15) is 0 Å². The van der Waals surface area contributed by atoms with E-state index >= 15 is 0 Å². The van der Waals surface area contributed by atoms with Crippen LogP contribution in [0.3, 0.4) is 0 Å². The lowest BCUT2D eigenvalue weighted by atomic mass is 9.85. The van der Waals surface area contributed by atoms with Crippen LogP contribution < -0.4 is 0 Å². The fourth-order valence-corrected chi connectivity index (χ4v) is 8.00. The maximum absolute atomic E-state index is 2.37. The maximum atomic E-state index is 2.37. The van der Waals surface area contributed by atoms with Crippen molar-refractivity contribution in [3.05, 3.63) is 158 Å². The van der Waals surface area contributed by atoms with Crippen LogP contribution in [0.15, 0.2) is 158 Å². The van der Waals surface area contributed by atoms with Gasteiger partial charge in [0.15, 0.2) is 0 Å². The summed E-state index contributed by atoms with van der Waals surface area (Å²) in [5, 5.41) is 10.3. The molecule has 0 N–H and O–H groups in total. The number of fused-ring (bicyclic) bond motifs is 6. The van der Waals surface area contributed by atoms with Crippen molar-refractivity contribution in [2.24, 2.45) is 0 Å². The molecule has 0 aliphatic rings. The molecule has 1 heterocycles. The molecule has 0 saturated carbocycles. The van der Waals surface area contributed by atoms with Crippen molar-refractivity contribution >= 4 is 63.8 Å². The standard InChI is InChI=1S/C42H26S/c1-2-11-28-24-32(21-20-27(28)10-1)42-37-17-5-3-15-35(37)41(36-16-4-6-18-38(36)42)31-13-9-12-29(25-31)30-22-23-34-33-14-7-8-19-39(33)43-40(34)26-30/h1-26H. The Morgan fingerprint density at radius 1 is 0.279 bits per heavy atom. The molecule has 0 aliphatic carbocycles. The van der Waals surface area contributed by atoms with Gasteiger partial charge in [-0.05, 0) is 90.0 Å². The second-order valence-corrected chi connectivity index (χ2v) is 12.4. The highest BCUT2D eigenvalue weighted by molar-refractivity contribution is 7.25. The van der Waals surface area contributed by atoms with Gasteiger partial charge in [0.2, 0.25) is 0 Å². The molecule has 0 unspecified atom stereocenters. The molecule has 1 aromatic heterocycles. The van der Waals surface area contributed by atoms with Crippen molar-refractivity contribution in [2.75, 3.05) is 0 Å². The predicted octanol–water partition coefficient (Wildman–Crippen LogP) is 12.5. The Morgan fingerprint density at radius 3 is 1.51 bits per heavy atom. The average molecular weight is 563 g/mol. The first-order valence-electron chi connectivity index (χ1n) is 14.8. The van der Waals surface area contributed by atoms with Crippen LogP contribution in [-0.2, 0) is 0 Å². The van der Waals surface area contributed by atoms with Gasteiger partial charge in [0.1, 0.15) is 0 Å². The highest BCUT2D eigenvalue weighted by Gasteiger charge is 2.17. The molecule has 9 aromatic rings. The Balaban J connectivity index is 1.27. The molecular formula is C42H26S. The summed E-state index contributed by atoms with van der Waals surface area (Å²) in [7, 11) is 0. The van der Waals surface area contributed by atoms with E-state index < -0.39 is 0 Å². The molecule has 0 nitrogen and oxygen atoms in total. The van der Waals surface area contributed by atoms with Crippen LogP contribution in [0.25, 0.3) is 85.9 Å². The highest BCUT2D eigenvalue weighted by atomic mass is 32.1. The minimum atomic E-state index is 1.24. The zero-order valence-corrected chi connectivity index (χ0v) is 24.2. The summed E-state index contributed by atoms with van der Waals surface area (Å²) in [5.74, 6) is 0. The van der Waals surface area contributed by atoms with Crippen molar-refractivity contribution < 1.29 is 0 Å². The molecule has 0 fully saturated rings. The van der Waals surface area contributed by atoms with E-state index in [9.17, 15) is 0 Å². The lowest BCUT2D eigenvalue weighted by Gasteiger charge is -2.18. The zero-order chi connectivity index (χ0) is 28.3. The summed E-state index contributed by atoms with van der Waals surface area (Å²) < 4.78 is 2.67. The van der Waals surface area contributed by atoms with Gasteiger partial charge in [-0.3, -0.25) is 0 Å². The second kappa shape index (κ2) is 9.66. The Kier molecular flexibility index (Phi) is 5.47. The zero-order valence-electron chi connectivity index (χ0n) is 23.4. The molecule has 0 aliphatic heterocycles. The number of rotatable bonds is 3. The lowest BCUT2D eigenvalue weighted by molar-refractivity contribution is 1.63. The van der Waals surface area contributed by atoms with Gasteiger partial charge >= 0.3 is 0 Å². The summed E-state index contributed by atoms with van der Waals surface area (Å²) in [6, 6.07) is 58.0. The van der Waals surface area contributed by atoms with Crippen LogP contribution in [0.4, 0.5) is 0 Å². The fraction of sp³-hybridized carbons (Fsp3) is 0. The van der Waals surface area contributed by atoms with Crippen LogP contribution in [-0.4, -0.2) is 0 Å². The van der Waals surface area contributed by atoms with E-state index in [1.807, 2.05) is 11.3 Å². The second-order valence-electron chi connectivity index (χ2n) is 11.3. The number of hydrogen-bond acceptors (Lipinski definition) is 1. The van der Waals surface area contributed by atoms with Gasteiger partial charge in [0.25, 0.3) is 0 Å². The molecule has 0 spiro atoms. The van der Waals surface area contributed by atoms with Crippen molar-refractivity contribution in [3.63, 3.8) is 0 Å². The quantitative estimate of drug-likeness (QED) is 0.188. The molecule has 0 atom stereocenters. The molecule has 1 heteroatoms. The monoisotopic (exact) mass is 562 g/mol. The van der Waals surface area contributed by atoms with E-state index in [1.54, 1.807) is 0 Å². The fourth-order valence-electron chi connectivity index (χ4n) is 6.85. The molecular weight excluding hydrogens is 537 g/mol. The number of benzene rings is 8. The van der Waals surface area contributed by atoms with Gasteiger partial charge in [0, 0.05) is 20.2 Å². The van der Waals surface area contributed by atoms with E-state index in [0.717, 1.165) is 0 Å². The molecule has 0 bridgehead atoms. The van der Waals surface area contributed by atoms with Crippen LogP contribution >= 0.6 is 11.3 Å². The number of thiophene rings is 1. The van der Waals surface area contributed by atoms with Crippen LogP contribution in [0.2, 0.25) is 0 Å². The Labute approximate surface area is 254 Å². The lowest BCUT2D eigenvalue weighted by Crippen LogP contribution is -1.91. The maximum Gasteiger partial charge on any atom is 0.0361 e. The first-order chi connectivity index (χ1) is 21.3. The van der Waals surface area contributed by atoms with Gasteiger partial charge < -0.3 is 0 Å². The van der Waals surface area contributed by atoms with E-state index in [0.29, 0.717) is 0 Å². The Bertz CT molecular complexity index is 2460. The molecule has 0 amide bonds. The van der Waals surface area contributed by atoms with E-state index in [2.05, 4.69) is 158 Å². The molecule has 43 heavy (non-hydrogen) atoms. The summed E-state index contributed by atoms with van der Waals surface area (Å²) in [6.45, 7) is 0. The SMILES string of the molecule is c1cc(-c2ccc3c(c2)sc2ccccc23)cc(-c2c3ccccc3c(-c3ccc4ccccc4c3)c3ccccc23)c1. The summed E-state index contributed by atoms with van der Waals surface area (Å²) in [4.78, 5) is 0. The summed E-state index contributed by atoms with van der Waals surface area (Å²) in [5.41, 5.74) is 7.58. The first-order valence-corrected chi connectivity index (χ1v) is 15.6. The molecule has 0 radical (unpaired) electrons. The summed E-state index contributed by atoms with van der Waals surface area (Å²) in [6.07, 6.45) is 0. The third-order valence-corrected chi connectivity index (χ3v) is 9.97. The van der Waals surface area contributed by atoms with Crippen molar-refractivity contribution in [2.45, 2.75) is 0 Å². The smallest absolute Gasteiger partial charge is 0.0361 e. The average Bonchev–Trinajstić information content (AvgIpc) is 3.45. The third kappa shape index (κ3) is 3.90. The van der Waals surface area contributed by atoms with Gasteiger partial charge in [-0.25, -0.2) is 0 Å². The van der Waals surface area contributed by atoms with Crippen molar-refractivity contribution in [1.29, 1.82) is 0 Å².